The fourth-order valence-electron chi connectivity index (χ4n) is 3.24. The van der Waals surface area contributed by atoms with Gasteiger partial charge in [0.2, 0.25) is 5.91 Å². The number of carbonyl (C=O) groups is 1. The third kappa shape index (κ3) is 5.12. The standard InChI is InChI=1S/C20H25F2N3OS/c1-15(16-5-6-18(21)19(22)12-16)23(2)20(26)14-25-9-7-24(8-10-25)13-17-4-3-11-27-17/h3-6,11-12,15H,7-10,13-14H2,1-2H3. The van der Waals surface area contributed by atoms with Crippen LogP contribution in [0, 0.1) is 11.6 Å². The molecule has 0 aliphatic carbocycles. The number of hydrogen-bond donors (Lipinski definition) is 0. The van der Waals surface area contributed by atoms with E-state index in [-0.39, 0.29) is 11.9 Å². The first kappa shape index (κ1) is 19.9. The number of piperazine rings is 1. The molecule has 1 aromatic carbocycles. The van der Waals surface area contributed by atoms with Crippen molar-refractivity contribution in [3.8, 4) is 0 Å². The average Bonchev–Trinajstić information content (AvgIpc) is 3.17. The van der Waals surface area contributed by atoms with Gasteiger partial charge in [0.25, 0.3) is 0 Å². The second-order valence-corrected chi connectivity index (χ2v) is 8.02. The molecule has 1 saturated heterocycles. The SMILES string of the molecule is CC(c1ccc(F)c(F)c1)N(C)C(=O)CN1CCN(Cc2cccs2)CC1. The summed E-state index contributed by atoms with van der Waals surface area (Å²) in [5.41, 5.74) is 0.588. The summed E-state index contributed by atoms with van der Waals surface area (Å²) < 4.78 is 26.6. The summed E-state index contributed by atoms with van der Waals surface area (Å²) in [6.45, 7) is 6.71. The minimum absolute atomic E-state index is 0.0149. The van der Waals surface area contributed by atoms with Crippen molar-refractivity contribution in [1.29, 1.82) is 0 Å². The second-order valence-electron chi connectivity index (χ2n) is 6.99. The smallest absolute Gasteiger partial charge is 0.236 e. The summed E-state index contributed by atoms with van der Waals surface area (Å²) in [6, 6.07) is 7.69. The Hall–Kier alpha value is -1.83. The van der Waals surface area contributed by atoms with Crippen molar-refractivity contribution in [2.24, 2.45) is 0 Å². The summed E-state index contributed by atoms with van der Waals surface area (Å²) >= 11 is 1.77. The van der Waals surface area contributed by atoms with Crippen LogP contribution in [0.5, 0.6) is 0 Å². The maximum absolute atomic E-state index is 13.5. The van der Waals surface area contributed by atoms with E-state index in [1.165, 1.54) is 10.9 Å². The van der Waals surface area contributed by atoms with Crippen molar-refractivity contribution in [1.82, 2.24) is 14.7 Å². The molecule has 1 aliphatic rings. The van der Waals surface area contributed by atoms with E-state index in [0.717, 1.165) is 44.9 Å². The van der Waals surface area contributed by atoms with Crippen LogP contribution in [0.15, 0.2) is 35.7 Å². The zero-order valence-electron chi connectivity index (χ0n) is 15.7. The number of thiophene rings is 1. The average molecular weight is 394 g/mol. The Kier molecular flexibility index (Phi) is 6.57. The molecule has 0 saturated carbocycles. The molecule has 0 spiro atoms. The van der Waals surface area contributed by atoms with Crippen molar-refractivity contribution < 1.29 is 13.6 Å². The quantitative estimate of drug-likeness (QED) is 0.753. The van der Waals surface area contributed by atoms with Gasteiger partial charge < -0.3 is 4.90 Å². The topological polar surface area (TPSA) is 26.8 Å². The van der Waals surface area contributed by atoms with Gasteiger partial charge in [-0.3, -0.25) is 14.6 Å². The normalized spacial score (nSPS) is 17.0. The molecule has 1 atom stereocenters. The minimum atomic E-state index is -0.887. The molecule has 2 aromatic rings. The summed E-state index contributed by atoms with van der Waals surface area (Å²) in [5.74, 6) is -1.78. The highest BCUT2D eigenvalue weighted by atomic mass is 32.1. The van der Waals surface area contributed by atoms with Crippen LogP contribution >= 0.6 is 11.3 Å². The van der Waals surface area contributed by atoms with Crippen molar-refractivity contribution in [2.45, 2.75) is 19.5 Å². The Morgan fingerprint density at radius 2 is 1.85 bits per heavy atom. The van der Waals surface area contributed by atoms with Crippen molar-refractivity contribution in [3.05, 3.63) is 57.8 Å². The van der Waals surface area contributed by atoms with Gasteiger partial charge in [-0.1, -0.05) is 12.1 Å². The van der Waals surface area contributed by atoms with Crippen molar-refractivity contribution in [3.63, 3.8) is 0 Å². The first-order chi connectivity index (χ1) is 12.9. The van der Waals surface area contributed by atoms with E-state index >= 15 is 0 Å². The Labute approximate surface area is 163 Å². The Morgan fingerprint density at radius 1 is 1.15 bits per heavy atom. The molecule has 2 heterocycles. The van der Waals surface area contributed by atoms with Crippen LogP contribution in [0.3, 0.4) is 0 Å². The number of halogens is 2. The highest BCUT2D eigenvalue weighted by molar-refractivity contribution is 7.09. The fourth-order valence-corrected chi connectivity index (χ4v) is 3.99. The molecule has 1 fully saturated rings. The van der Waals surface area contributed by atoms with Crippen molar-refractivity contribution in [2.75, 3.05) is 39.8 Å². The molecule has 1 aromatic heterocycles. The highest BCUT2D eigenvalue weighted by Gasteiger charge is 2.23. The first-order valence-corrected chi connectivity index (χ1v) is 9.99. The van der Waals surface area contributed by atoms with Crippen LogP contribution in [0.25, 0.3) is 0 Å². The van der Waals surface area contributed by atoms with Crippen LogP contribution in [0.4, 0.5) is 8.78 Å². The van der Waals surface area contributed by atoms with Crippen LogP contribution in [0.2, 0.25) is 0 Å². The van der Waals surface area contributed by atoms with E-state index in [9.17, 15) is 13.6 Å². The number of likely N-dealkylation sites (N-methyl/N-ethyl adjacent to an activating group) is 1. The van der Waals surface area contributed by atoms with E-state index in [1.807, 2.05) is 6.92 Å². The number of carbonyl (C=O) groups excluding carboxylic acids is 1. The second kappa shape index (κ2) is 8.91. The van der Waals surface area contributed by atoms with E-state index in [4.69, 9.17) is 0 Å². The number of rotatable bonds is 6. The maximum atomic E-state index is 13.5. The predicted octanol–water partition coefficient (Wildman–Crippen LogP) is 3.36. The van der Waals surface area contributed by atoms with Crippen LogP contribution in [-0.4, -0.2) is 60.4 Å². The molecule has 146 valence electrons. The number of nitrogens with zero attached hydrogens (tertiary/aromatic N) is 3. The Bertz CT molecular complexity index is 761. The molecule has 4 nitrogen and oxygen atoms in total. The first-order valence-electron chi connectivity index (χ1n) is 9.11. The third-order valence-electron chi connectivity index (χ3n) is 5.18. The zero-order chi connectivity index (χ0) is 19.4. The molecular weight excluding hydrogens is 368 g/mol. The largest absolute Gasteiger partial charge is 0.338 e. The van der Waals surface area contributed by atoms with Gasteiger partial charge in [-0.15, -0.1) is 11.3 Å². The zero-order valence-corrected chi connectivity index (χ0v) is 16.5. The maximum Gasteiger partial charge on any atom is 0.236 e. The summed E-state index contributed by atoms with van der Waals surface area (Å²) in [5, 5.41) is 2.09. The number of benzene rings is 1. The summed E-state index contributed by atoms with van der Waals surface area (Å²) in [4.78, 5) is 20.1. The molecule has 3 rings (SSSR count). The van der Waals surface area contributed by atoms with E-state index in [2.05, 4.69) is 27.3 Å². The predicted molar refractivity (Wildman–Crippen MR) is 104 cm³/mol. The number of hydrogen-bond acceptors (Lipinski definition) is 4. The van der Waals surface area contributed by atoms with Gasteiger partial charge in [-0.05, 0) is 36.1 Å². The monoisotopic (exact) mass is 393 g/mol. The molecule has 1 unspecified atom stereocenters. The van der Waals surface area contributed by atoms with Gasteiger partial charge in [-0.25, -0.2) is 8.78 Å². The highest BCUT2D eigenvalue weighted by Crippen LogP contribution is 2.21. The van der Waals surface area contributed by atoms with E-state index in [1.54, 1.807) is 23.3 Å². The van der Waals surface area contributed by atoms with E-state index in [0.29, 0.717) is 12.1 Å². The molecule has 1 aliphatic heterocycles. The fraction of sp³-hybridized carbons (Fsp3) is 0.450. The Morgan fingerprint density at radius 3 is 2.48 bits per heavy atom. The molecular formula is C20H25F2N3OS. The minimum Gasteiger partial charge on any atom is -0.338 e. The molecule has 27 heavy (non-hydrogen) atoms. The molecule has 0 N–H and O–H groups in total. The summed E-state index contributed by atoms with van der Waals surface area (Å²) in [7, 11) is 1.71. The lowest BCUT2D eigenvalue weighted by atomic mass is 10.1. The van der Waals surface area contributed by atoms with Gasteiger partial charge >= 0.3 is 0 Å². The van der Waals surface area contributed by atoms with Crippen LogP contribution in [0.1, 0.15) is 23.4 Å². The van der Waals surface area contributed by atoms with Crippen LogP contribution in [-0.2, 0) is 11.3 Å². The summed E-state index contributed by atoms with van der Waals surface area (Å²) in [6.07, 6.45) is 0. The molecule has 0 bridgehead atoms. The van der Waals surface area contributed by atoms with Crippen molar-refractivity contribution >= 4 is 17.2 Å². The lowest BCUT2D eigenvalue weighted by Crippen LogP contribution is -2.49. The Balaban J connectivity index is 1.49. The molecule has 1 amide bonds. The van der Waals surface area contributed by atoms with Gasteiger partial charge in [0.1, 0.15) is 0 Å². The lowest BCUT2D eigenvalue weighted by molar-refractivity contribution is -0.133. The number of amides is 1. The van der Waals surface area contributed by atoms with E-state index < -0.39 is 11.6 Å². The lowest BCUT2D eigenvalue weighted by Gasteiger charge is -2.35. The van der Waals surface area contributed by atoms with Gasteiger partial charge in [0, 0.05) is 44.6 Å². The van der Waals surface area contributed by atoms with Crippen LogP contribution < -0.4 is 0 Å². The molecule has 7 heteroatoms. The third-order valence-corrected chi connectivity index (χ3v) is 6.04. The van der Waals surface area contributed by atoms with Gasteiger partial charge in [0.15, 0.2) is 11.6 Å². The molecule has 0 radical (unpaired) electrons. The van der Waals surface area contributed by atoms with Gasteiger partial charge in [0.05, 0.1) is 12.6 Å². The van der Waals surface area contributed by atoms with Gasteiger partial charge in [-0.2, -0.15) is 0 Å².